The molecule has 0 saturated carbocycles. The third-order valence-electron chi connectivity index (χ3n) is 3.10. The molecule has 0 aromatic heterocycles. The van der Waals surface area contributed by atoms with E-state index in [1.54, 1.807) is 0 Å². The molecule has 1 N–H and O–H groups in total. The molecule has 100 valence electrons. The Bertz CT molecular complexity index is 531. The molecule has 0 radical (unpaired) electrons. The minimum atomic E-state index is -0.555. The van der Waals surface area contributed by atoms with Crippen LogP contribution in [0.15, 0.2) is 53.0 Å². The second kappa shape index (κ2) is 6.36. The quantitative estimate of drug-likeness (QED) is 0.864. The van der Waals surface area contributed by atoms with E-state index in [0.29, 0.717) is 5.92 Å². The molecule has 1 nitrogen and oxygen atoms in total. The zero-order valence-electron chi connectivity index (χ0n) is 11.3. The van der Waals surface area contributed by atoms with Gasteiger partial charge in [-0.2, -0.15) is 0 Å². The Hall–Kier alpha value is -1.12. The lowest BCUT2D eigenvalue weighted by molar-refractivity contribution is 0.220. The van der Waals surface area contributed by atoms with Crippen LogP contribution >= 0.6 is 15.9 Å². The number of aliphatic hydroxyl groups excluding tert-OH is 1. The summed E-state index contributed by atoms with van der Waals surface area (Å²) >= 11 is 3.41. The third-order valence-corrected chi connectivity index (χ3v) is 3.63. The van der Waals surface area contributed by atoms with Crippen molar-refractivity contribution >= 4 is 15.9 Å². The van der Waals surface area contributed by atoms with Crippen LogP contribution in [0.5, 0.6) is 0 Å². The van der Waals surface area contributed by atoms with Gasteiger partial charge >= 0.3 is 0 Å². The molecule has 0 aliphatic rings. The van der Waals surface area contributed by atoms with Gasteiger partial charge in [0.25, 0.3) is 0 Å². The highest BCUT2D eigenvalue weighted by Crippen LogP contribution is 2.24. The maximum absolute atomic E-state index is 10.4. The average molecular weight is 319 g/mol. The number of rotatable bonds is 4. The van der Waals surface area contributed by atoms with Crippen LogP contribution in [-0.4, -0.2) is 5.11 Å². The van der Waals surface area contributed by atoms with Crippen molar-refractivity contribution in [2.45, 2.75) is 26.4 Å². The predicted octanol–water partition coefficient (Wildman–Crippen LogP) is 4.73. The molecular formula is C17H19BrO. The van der Waals surface area contributed by atoms with Gasteiger partial charge in [-0.3, -0.25) is 0 Å². The second-order valence-corrected chi connectivity index (χ2v) is 6.21. The van der Waals surface area contributed by atoms with Gasteiger partial charge in [-0.05, 0) is 41.2 Å². The molecule has 0 heterocycles. The van der Waals surface area contributed by atoms with Gasteiger partial charge in [0.05, 0.1) is 0 Å². The van der Waals surface area contributed by atoms with Gasteiger partial charge in [-0.1, -0.05) is 66.2 Å². The minimum Gasteiger partial charge on any atom is -0.384 e. The first-order valence-electron chi connectivity index (χ1n) is 6.58. The Morgan fingerprint density at radius 3 is 2.32 bits per heavy atom. The Morgan fingerprint density at radius 1 is 1.00 bits per heavy atom. The summed E-state index contributed by atoms with van der Waals surface area (Å²) in [5, 5.41) is 10.4. The van der Waals surface area contributed by atoms with Crippen LogP contribution in [-0.2, 0) is 6.42 Å². The van der Waals surface area contributed by atoms with Gasteiger partial charge in [-0.15, -0.1) is 0 Å². The number of halogens is 1. The van der Waals surface area contributed by atoms with Crippen molar-refractivity contribution in [3.63, 3.8) is 0 Å². The number of benzene rings is 2. The van der Waals surface area contributed by atoms with Crippen molar-refractivity contribution < 1.29 is 5.11 Å². The fourth-order valence-corrected chi connectivity index (χ4v) is 2.46. The van der Waals surface area contributed by atoms with Crippen LogP contribution in [0.2, 0.25) is 0 Å². The lowest BCUT2D eigenvalue weighted by Gasteiger charge is -2.13. The Kier molecular flexibility index (Phi) is 4.78. The van der Waals surface area contributed by atoms with E-state index in [-0.39, 0.29) is 0 Å². The highest BCUT2D eigenvalue weighted by Gasteiger charge is 2.11. The summed E-state index contributed by atoms with van der Waals surface area (Å²) in [6.07, 6.45) is 0.487. The molecule has 1 unspecified atom stereocenters. The summed E-state index contributed by atoms with van der Waals surface area (Å²) in [6, 6.07) is 16.0. The van der Waals surface area contributed by atoms with E-state index >= 15 is 0 Å². The average Bonchev–Trinajstić information content (AvgIpc) is 2.38. The molecule has 2 aromatic carbocycles. The van der Waals surface area contributed by atoms with Gasteiger partial charge in [0.2, 0.25) is 0 Å². The van der Waals surface area contributed by atoms with Crippen molar-refractivity contribution in [2.24, 2.45) is 5.92 Å². The molecule has 19 heavy (non-hydrogen) atoms. The maximum Gasteiger partial charge on any atom is 0.104 e. The fraction of sp³-hybridized carbons (Fsp3) is 0.294. The first-order valence-corrected chi connectivity index (χ1v) is 7.38. The van der Waals surface area contributed by atoms with E-state index in [9.17, 15) is 5.11 Å². The summed E-state index contributed by atoms with van der Waals surface area (Å²) in [6.45, 7) is 4.41. The van der Waals surface area contributed by atoms with Gasteiger partial charge in [0.1, 0.15) is 6.10 Å². The largest absolute Gasteiger partial charge is 0.384 e. The first-order chi connectivity index (χ1) is 9.06. The Labute approximate surface area is 123 Å². The van der Waals surface area contributed by atoms with Crippen LogP contribution in [0.4, 0.5) is 0 Å². The van der Waals surface area contributed by atoms with Crippen LogP contribution in [0.3, 0.4) is 0 Å². The molecule has 2 aromatic rings. The van der Waals surface area contributed by atoms with Crippen molar-refractivity contribution in [3.8, 4) is 0 Å². The highest BCUT2D eigenvalue weighted by molar-refractivity contribution is 9.10. The lowest BCUT2D eigenvalue weighted by atomic mass is 9.96. The smallest absolute Gasteiger partial charge is 0.104 e. The molecule has 0 aliphatic heterocycles. The summed E-state index contributed by atoms with van der Waals surface area (Å²) in [5.41, 5.74) is 3.16. The van der Waals surface area contributed by atoms with E-state index in [4.69, 9.17) is 0 Å². The summed E-state index contributed by atoms with van der Waals surface area (Å²) in [4.78, 5) is 0. The van der Waals surface area contributed by atoms with Gasteiger partial charge < -0.3 is 5.11 Å². The van der Waals surface area contributed by atoms with Crippen LogP contribution in [0.25, 0.3) is 0 Å². The maximum atomic E-state index is 10.4. The Morgan fingerprint density at radius 2 is 1.68 bits per heavy atom. The first kappa shape index (κ1) is 14.3. The van der Waals surface area contributed by atoms with Crippen molar-refractivity contribution in [2.75, 3.05) is 0 Å². The molecule has 2 rings (SSSR count). The molecule has 0 saturated heterocycles. The molecule has 0 bridgehead atoms. The van der Waals surface area contributed by atoms with Gasteiger partial charge in [0, 0.05) is 4.47 Å². The summed E-state index contributed by atoms with van der Waals surface area (Å²) < 4.78 is 1.03. The third kappa shape index (κ3) is 3.92. The Balaban J connectivity index is 2.23. The van der Waals surface area contributed by atoms with Crippen molar-refractivity contribution in [1.82, 2.24) is 0 Å². The van der Waals surface area contributed by atoms with Crippen molar-refractivity contribution in [1.29, 1.82) is 0 Å². The van der Waals surface area contributed by atoms with E-state index in [0.717, 1.165) is 22.0 Å². The van der Waals surface area contributed by atoms with Crippen LogP contribution in [0, 0.1) is 5.92 Å². The predicted molar refractivity (Wildman–Crippen MR) is 83.2 cm³/mol. The fourth-order valence-electron chi connectivity index (χ4n) is 2.20. The molecule has 0 spiro atoms. The molecule has 0 amide bonds. The van der Waals surface area contributed by atoms with Gasteiger partial charge in [-0.25, -0.2) is 0 Å². The molecule has 2 heteroatoms. The second-order valence-electron chi connectivity index (χ2n) is 5.30. The van der Waals surface area contributed by atoms with Crippen LogP contribution in [0.1, 0.15) is 36.6 Å². The molecular weight excluding hydrogens is 300 g/mol. The summed E-state index contributed by atoms with van der Waals surface area (Å²) in [7, 11) is 0. The minimum absolute atomic E-state index is 0.555. The van der Waals surface area contributed by atoms with E-state index in [1.807, 2.05) is 36.4 Å². The summed E-state index contributed by atoms with van der Waals surface area (Å²) in [5.74, 6) is 0.625. The van der Waals surface area contributed by atoms with E-state index in [2.05, 4.69) is 41.9 Å². The van der Waals surface area contributed by atoms with E-state index in [1.165, 1.54) is 5.56 Å². The molecule has 0 aliphatic carbocycles. The highest BCUT2D eigenvalue weighted by atomic mass is 79.9. The molecule has 0 fully saturated rings. The lowest BCUT2D eigenvalue weighted by Crippen LogP contribution is -2.01. The number of hydrogen-bond acceptors (Lipinski definition) is 1. The van der Waals surface area contributed by atoms with Crippen LogP contribution < -0.4 is 0 Å². The zero-order valence-corrected chi connectivity index (χ0v) is 12.9. The standard InChI is InChI=1S/C17H19BrO/c1-12(2)10-13-4-3-5-15(11-13)17(19)14-6-8-16(18)9-7-14/h3-9,11-12,17,19H,10H2,1-2H3. The van der Waals surface area contributed by atoms with Crippen molar-refractivity contribution in [3.05, 3.63) is 69.7 Å². The van der Waals surface area contributed by atoms with E-state index < -0.39 is 6.10 Å². The normalized spacial score (nSPS) is 12.7. The zero-order chi connectivity index (χ0) is 13.8. The monoisotopic (exact) mass is 318 g/mol. The van der Waals surface area contributed by atoms with Gasteiger partial charge in [0.15, 0.2) is 0 Å². The molecule has 1 atom stereocenters. The SMILES string of the molecule is CC(C)Cc1cccc(C(O)c2ccc(Br)cc2)c1. The number of aliphatic hydroxyl groups is 1. The topological polar surface area (TPSA) is 20.2 Å². The number of hydrogen-bond donors (Lipinski definition) is 1.